The second-order valence-electron chi connectivity index (χ2n) is 6.99. The number of carbonyl (C=O) groups excluding carboxylic acids is 1. The van der Waals surface area contributed by atoms with Crippen LogP contribution in [0.25, 0.3) is 11.3 Å². The maximum Gasteiger partial charge on any atom is 0.273 e. The number of H-pyrrole nitrogens is 1. The Kier molecular flexibility index (Phi) is 4.19. The first kappa shape index (κ1) is 17.0. The zero-order valence-corrected chi connectivity index (χ0v) is 16.5. The van der Waals surface area contributed by atoms with Crippen LogP contribution in [0.1, 0.15) is 47.1 Å². The minimum Gasteiger partial charge on any atom is -0.324 e. The number of benzene rings is 2. The van der Waals surface area contributed by atoms with E-state index in [-0.39, 0.29) is 18.0 Å². The maximum atomic E-state index is 13.0. The summed E-state index contributed by atoms with van der Waals surface area (Å²) in [5.41, 5.74) is 5.71. The van der Waals surface area contributed by atoms with E-state index in [2.05, 4.69) is 69.4 Å². The summed E-state index contributed by atoms with van der Waals surface area (Å²) in [5.74, 6) is 0.00540. The molecule has 2 aromatic carbocycles. The smallest absolute Gasteiger partial charge is 0.273 e. The molecule has 0 spiro atoms. The van der Waals surface area contributed by atoms with E-state index in [0.29, 0.717) is 5.69 Å². The molecular weight excluding hydrogens is 390 g/mol. The molecule has 0 fully saturated rings. The number of nitrogens with one attached hydrogen (secondary N) is 1. The number of aromatic amines is 1. The highest BCUT2D eigenvalue weighted by Gasteiger charge is 2.43. The van der Waals surface area contributed by atoms with Crippen molar-refractivity contribution in [3.8, 4) is 11.3 Å². The van der Waals surface area contributed by atoms with E-state index in [9.17, 15) is 4.79 Å². The summed E-state index contributed by atoms with van der Waals surface area (Å²) in [4.78, 5) is 15.0. The van der Waals surface area contributed by atoms with E-state index in [1.54, 1.807) is 0 Å². The lowest BCUT2D eigenvalue weighted by molar-refractivity contribution is 0.0688. The first-order chi connectivity index (χ1) is 12.5. The van der Waals surface area contributed by atoms with Gasteiger partial charge in [0.2, 0.25) is 0 Å². The van der Waals surface area contributed by atoms with Crippen LogP contribution in [0.15, 0.2) is 53.0 Å². The van der Waals surface area contributed by atoms with Crippen LogP contribution < -0.4 is 0 Å². The molecule has 26 heavy (non-hydrogen) atoms. The minimum absolute atomic E-state index is 0.00540. The predicted octanol–water partition coefficient (Wildman–Crippen LogP) is 5.10. The topological polar surface area (TPSA) is 49.0 Å². The standard InChI is InChI=1S/C21H20BrN3O/c1-12(2)25-20(15-5-4-6-16(22)11-15)17-18(23-24-19(17)21(25)26)14-9-7-13(3)8-10-14/h4-12,20H,1-3H3,(H,23,24). The number of hydrogen-bond donors (Lipinski definition) is 1. The molecule has 4 nitrogen and oxygen atoms in total. The Balaban J connectivity index is 1.92. The van der Waals surface area contributed by atoms with Gasteiger partial charge in [0.15, 0.2) is 0 Å². The molecule has 1 N–H and O–H groups in total. The molecule has 4 rings (SSSR count). The van der Waals surface area contributed by atoms with E-state index in [0.717, 1.165) is 26.9 Å². The van der Waals surface area contributed by atoms with E-state index in [1.165, 1.54) is 5.56 Å². The molecule has 0 aliphatic carbocycles. The van der Waals surface area contributed by atoms with Gasteiger partial charge < -0.3 is 4.90 Å². The quantitative estimate of drug-likeness (QED) is 0.653. The molecule has 1 aromatic heterocycles. The van der Waals surface area contributed by atoms with Crippen molar-refractivity contribution in [2.45, 2.75) is 32.9 Å². The zero-order valence-electron chi connectivity index (χ0n) is 15.0. The van der Waals surface area contributed by atoms with Gasteiger partial charge in [-0.3, -0.25) is 9.89 Å². The number of aryl methyl sites for hydroxylation is 1. The fraction of sp³-hybridized carbons (Fsp3) is 0.238. The van der Waals surface area contributed by atoms with Gasteiger partial charge in [-0.15, -0.1) is 0 Å². The van der Waals surface area contributed by atoms with Crippen molar-refractivity contribution in [3.63, 3.8) is 0 Å². The van der Waals surface area contributed by atoms with Crippen molar-refractivity contribution in [2.24, 2.45) is 0 Å². The first-order valence-corrected chi connectivity index (χ1v) is 9.50. The average molecular weight is 410 g/mol. The van der Waals surface area contributed by atoms with Crippen LogP contribution in [-0.2, 0) is 0 Å². The Morgan fingerprint density at radius 1 is 1.15 bits per heavy atom. The van der Waals surface area contributed by atoms with Crippen LogP contribution in [-0.4, -0.2) is 27.0 Å². The first-order valence-electron chi connectivity index (χ1n) is 8.71. The molecule has 1 aliphatic rings. The van der Waals surface area contributed by atoms with Crippen molar-refractivity contribution in [2.75, 3.05) is 0 Å². The van der Waals surface area contributed by atoms with Gasteiger partial charge in [0.05, 0.1) is 11.7 Å². The highest BCUT2D eigenvalue weighted by molar-refractivity contribution is 9.10. The fourth-order valence-electron chi connectivity index (χ4n) is 3.63. The summed E-state index contributed by atoms with van der Waals surface area (Å²) in [6.45, 7) is 6.16. The number of carbonyl (C=O) groups is 1. The molecule has 1 amide bonds. The highest BCUT2D eigenvalue weighted by Crippen LogP contribution is 2.44. The van der Waals surface area contributed by atoms with Gasteiger partial charge in [-0.1, -0.05) is 57.9 Å². The number of fused-ring (bicyclic) bond motifs is 1. The van der Waals surface area contributed by atoms with Crippen molar-refractivity contribution in [1.29, 1.82) is 0 Å². The van der Waals surface area contributed by atoms with E-state index >= 15 is 0 Å². The monoisotopic (exact) mass is 409 g/mol. The Morgan fingerprint density at radius 3 is 2.54 bits per heavy atom. The number of aromatic nitrogens is 2. The number of halogens is 1. The zero-order chi connectivity index (χ0) is 18.4. The van der Waals surface area contributed by atoms with Crippen LogP contribution in [0.2, 0.25) is 0 Å². The molecule has 5 heteroatoms. The molecule has 0 saturated heterocycles. The normalized spacial score (nSPS) is 16.4. The third-order valence-electron chi connectivity index (χ3n) is 4.85. The van der Waals surface area contributed by atoms with Crippen LogP contribution in [0.3, 0.4) is 0 Å². The maximum absolute atomic E-state index is 13.0. The third kappa shape index (κ3) is 2.67. The third-order valence-corrected chi connectivity index (χ3v) is 5.34. The molecule has 0 saturated carbocycles. The Morgan fingerprint density at radius 2 is 1.88 bits per heavy atom. The lowest BCUT2D eigenvalue weighted by Crippen LogP contribution is -2.35. The fourth-order valence-corrected chi connectivity index (χ4v) is 4.05. The highest BCUT2D eigenvalue weighted by atomic mass is 79.9. The predicted molar refractivity (Wildman–Crippen MR) is 106 cm³/mol. The van der Waals surface area contributed by atoms with Gasteiger partial charge in [0, 0.05) is 21.6 Å². The molecule has 3 aromatic rings. The summed E-state index contributed by atoms with van der Waals surface area (Å²) in [6.07, 6.45) is 0. The SMILES string of the molecule is Cc1ccc(-c2n[nH]c3c2C(c2cccc(Br)c2)N(C(C)C)C3=O)cc1. The Bertz CT molecular complexity index is 975. The van der Waals surface area contributed by atoms with Crippen LogP contribution >= 0.6 is 15.9 Å². The van der Waals surface area contributed by atoms with E-state index < -0.39 is 0 Å². The summed E-state index contributed by atoms with van der Waals surface area (Å²) < 4.78 is 1.000. The summed E-state index contributed by atoms with van der Waals surface area (Å²) in [7, 11) is 0. The molecule has 1 aliphatic heterocycles. The summed E-state index contributed by atoms with van der Waals surface area (Å²) >= 11 is 3.56. The van der Waals surface area contributed by atoms with Gasteiger partial charge in [-0.05, 0) is 38.5 Å². The number of hydrogen-bond acceptors (Lipinski definition) is 2. The lowest BCUT2D eigenvalue weighted by Gasteiger charge is -2.30. The second-order valence-corrected chi connectivity index (χ2v) is 7.91. The summed E-state index contributed by atoms with van der Waals surface area (Å²) in [6, 6.07) is 16.3. The molecule has 0 radical (unpaired) electrons. The van der Waals surface area contributed by atoms with Crippen LogP contribution in [0.5, 0.6) is 0 Å². The largest absolute Gasteiger partial charge is 0.324 e. The molecular formula is C21H20BrN3O. The van der Waals surface area contributed by atoms with Gasteiger partial charge in [-0.2, -0.15) is 5.10 Å². The summed E-state index contributed by atoms with van der Waals surface area (Å²) in [5, 5.41) is 7.49. The van der Waals surface area contributed by atoms with Crippen LogP contribution in [0, 0.1) is 6.92 Å². The van der Waals surface area contributed by atoms with Crippen molar-refractivity contribution in [1.82, 2.24) is 15.1 Å². The molecule has 1 atom stereocenters. The molecule has 2 heterocycles. The Hall–Kier alpha value is -2.40. The second kappa shape index (κ2) is 6.40. The average Bonchev–Trinajstić information content (AvgIpc) is 3.15. The Labute approximate surface area is 161 Å². The van der Waals surface area contributed by atoms with Crippen molar-refractivity contribution in [3.05, 3.63) is 75.4 Å². The lowest BCUT2D eigenvalue weighted by atomic mass is 9.95. The van der Waals surface area contributed by atoms with Gasteiger partial charge >= 0.3 is 0 Å². The number of rotatable bonds is 3. The van der Waals surface area contributed by atoms with Gasteiger partial charge in [0.25, 0.3) is 5.91 Å². The number of nitrogens with zero attached hydrogens (tertiary/aromatic N) is 2. The van der Waals surface area contributed by atoms with E-state index in [4.69, 9.17) is 0 Å². The van der Waals surface area contributed by atoms with Crippen LogP contribution in [0.4, 0.5) is 0 Å². The van der Waals surface area contributed by atoms with Gasteiger partial charge in [0.1, 0.15) is 5.69 Å². The van der Waals surface area contributed by atoms with Crippen molar-refractivity contribution >= 4 is 21.8 Å². The number of amides is 1. The minimum atomic E-state index is -0.148. The van der Waals surface area contributed by atoms with Crippen molar-refractivity contribution < 1.29 is 4.79 Å². The van der Waals surface area contributed by atoms with E-state index in [1.807, 2.05) is 30.9 Å². The molecule has 1 unspecified atom stereocenters. The molecule has 0 bridgehead atoms. The van der Waals surface area contributed by atoms with Gasteiger partial charge in [-0.25, -0.2) is 0 Å². The molecule has 132 valence electrons.